The number of nitrogens with one attached hydrogen (secondary N) is 1. The Hall–Kier alpha value is -2.19. The van der Waals surface area contributed by atoms with E-state index >= 15 is 0 Å². The van der Waals surface area contributed by atoms with Gasteiger partial charge in [-0.15, -0.1) is 10.2 Å². The minimum absolute atomic E-state index is 0.0141. The quantitative estimate of drug-likeness (QED) is 0.489. The van der Waals surface area contributed by atoms with Crippen LogP contribution in [0.15, 0.2) is 30.9 Å². The zero-order valence-electron chi connectivity index (χ0n) is 8.89. The summed E-state index contributed by atoms with van der Waals surface area (Å²) < 4.78 is 1.32. The van der Waals surface area contributed by atoms with Crippen molar-refractivity contribution in [3.63, 3.8) is 0 Å². The van der Waals surface area contributed by atoms with Crippen LogP contribution in [0.4, 0.5) is 5.69 Å². The first-order valence-electron chi connectivity index (χ1n) is 4.81. The lowest BCUT2D eigenvalue weighted by Crippen LogP contribution is -2.19. The predicted octanol–water partition coefficient (Wildman–Crippen LogP) is 1.07. The third-order valence-electron chi connectivity index (χ3n) is 2.17. The smallest absolute Gasteiger partial charge is 0.288 e. The average molecular weight is 270 g/mol. The molecule has 8 nitrogen and oxygen atoms in total. The molecule has 0 aliphatic heterocycles. The van der Waals surface area contributed by atoms with Gasteiger partial charge in [0.05, 0.1) is 4.92 Å². The van der Waals surface area contributed by atoms with Crippen LogP contribution in [-0.4, -0.2) is 24.9 Å². The Bertz CT molecular complexity index is 559. The van der Waals surface area contributed by atoms with Gasteiger partial charge in [-0.05, 0) is 6.07 Å². The Labute approximate surface area is 106 Å². The van der Waals surface area contributed by atoms with E-state index in [4.69, 9.17) is 11.6 Å². The zero-order chi connectivity index (χ0) is 13.1. The predicted molar refractivity (Wildman–Crippen MR) is 62.4 cm³/mol. The number of hydrogen-bond acceptors (Lipinski definition) is 6. The van der Waals surface area contributed by atoms with E-state index in [1.807, 2.05) is 0 Å². The minimum Gasteiger partial charge on any atom is -0.368 e. The summed E-state index contributed by atoms with van der Waals surface area (Å²) in [6, 6.07) is 4.04. The lowest BCUT2D eigenvalue weighted by molar-refractivity contribution is -0.384. The monoisotopic (exact) mass is 269 g/mol. The van der Waals surface area contributed by atoms with Gasteiger partial charge in [-0.1, -0.05) is 17.7 Å². The SMILES string of the molecule is O=[N+]([O-])c1cc(C(O)Nn2cnnc2)ccc1Cl. The van der Waals surface area contributed by atoms with Crippen molar-refractivity contribution < 1.29 is 10.0 Å². The van der Waals surface area contributed by atoms with Crippen LogP contribution in [0.5, 0.6) is 0 Å². The zero-order valence-corrected chi connectivity index (χ0v) is 9.65. The van der Waals surface area contributed by atoms with E-state index in [-0.39, 0.29) is 10.7 Å². The van der Waals surface area contributed by atoms with Gasteiger partial charge in [0.25, 0.3) is 5.69 Å². The topological polar surface area (TPSA) is 106 Å². The number of halogens is 1. The number of nitro groups is 1. The summed E-state index contributed by atoms with van der Waals surface area (Å²) in [5, 5.41) is 27.6. The number of aliphatic hydroxyl groups excluding tert-OH is 1. The van der Waals surface area contributed by atoms with Crippen LogP contribution >= 0.6 is 11.6 Å². The summed E-state index contributed by atoms with van der Waals surface area (Å²) in [4.78, 5) is 10.1. The Morgan fingerprint density at radius 1 is 1.44 bits per heavy atom. The molecule has 1 unspecified atom stereocenters. The van der Waals surface area contributed by atoms with Crippen molar-refractivity contribution in [1.29, 1.82) is 0 Å². The van der Waals surface area contributed by atoms with Gasteiger partial charge < -0.3 is 5.11 Å². The highest BCUT2D eigenvalue weighted by Crippen LogP contribution is 2.27. The van der Waals surface area contributed by atoms with E-state index in [0.717, 1.165) is 0 Å². The molecule has 0 saturated carbocycles. The van der Waals surface area contributed by atoms with Crippen LogP contribution in [0.3, 0.4) is 0 Å². The fourth-order valence-electron chi connectivity index (χ4n) is 1.32. The molecule has 0 amide bonds. The van der Waals surface area contributed by atoms with E-state index in [0.29, 0.717) is 5.56 Å². The maximum atomic E-state index is 10.7. The molecule has 0 fully saturated rings. The molecule has 0 radical (unpaired) electrons. The highest BCUT2D eigenvalue weighted by Gasteiger charge is 2.16. The van der Waals surface area contributed by atoms with Gasteiger partial charge in [0.1, 0.15) is 17.7 Å². The Morgan fingerprint density at radius 2 is 2.11 bits per heavy atom. The Morgan fingerprint density at radius 3 is 2.72 bits per heavy atom. The largest absolute Gasteiger partial charge is 0.368 e. The molecule has 2 aromatic rings. The molecule has 1 heterocycles. The second-order valence-corrected chi connectivity index (χ2v) is 3.78. The second kappa shape index (κ2) is 4.98. The van der Waals surface area contributed by atoms with E-state index < -0.39 is 11.2 Å². The number of benzene rings is 1. The van der Waals surface area contributed by atoms with Crippen molar-refractivity contribution in [2.75, 3.05) is 5.43 Å². The number of rotatable bonds is 4. The molecule has 1 atom stereocenters. The molecule has 0 spiro atoms. The molecule has 0 bridgehead atoms. The molecule has 2 N–H and O–H groups in total. The van der Waals surface area contributed by atoms with E-state index in [1.54, 1.807) is 0 Å². The lowest BCUT2D eigenvalue weighted by Gasteiger charge is -2.14. The highest BCUT2D eigenvalue weighted by molar-refractivity contribution is 6.32. The number of nitro benzene ring substituents is 1. The maximum absolute atomic E-state index is 10.7. The minimum atomic E-state index is -1.14. The summed E-state index contributed by atoms with van der Waals surface area (Å²) in [6.07, 6.45) is 1.54. The summed E-state index contributed by atoms with van der Waals surface area (Å²) in [7, 11) is 0. The van der Waals surface area contributed by atoms with Crippen LogP contribution in [0.1, 0.15) is 11.8 Å². The molecule has 0 aliphatic carbocycles. The van der Waals surface area contributed by atoms with Crippen LogP contribution < -0.4 is 5.43 Å². The molecular weight excluding hydrogens is 262 g/mol. The van der Waals surface area contributed by atoms with Crippen molar-refractivity contribution in [1.82, 2.24) is 14.9 Å². The van der Waals surface area contributed by atoms with E-state index in [2.05, 4.69) is 15.6 Å². The summed E-state index contributed by atoms with van der Waals surface area (Å²) in [5.74, 6) is 0. The first-order chi connectivity index (χ1) is 8.58. The van der Waals surface area contributed by atoms with Gasteiger partial charge in [0.2, 0.25) is 0 Å². The molecule has 0 saturated heterocycles. The fraction of sp³-hybridized carbons (Fsp3) is 0.111. The molecule has 18 heavy (non-hydrogen) atoms. The van der Waals surface area contributed by atoms with Crippen LogP contribution in [-0.2, 0) is 0 Å². The van der Waals surface area contributed by atoms with Crippen LogP contribution in [0.25, 0.3) is 0 Å². The first kappa shape index (κ1) is 12.3. The molecule has 1 aromatic heterocycles. The van der Waals surface area contributed by atoms with Crippen LogP contribution in [0.2, 0.25) is 5.02 Å². The summed E-state index contributed by atoms with van der Waals surface area (Å²) in [6.45, 7) is 0. The van der Waals surface area contributed by atoms with Crippen molar-refractivity contribution in [2.24, 2.45) is 0 Å². The molecule has 9 heteroatoms. The Balaban J connectivity index is 2.22. The summed E-state index contributed by atoms with van der Waals surface area (Å²) >= 11 is 5.67. The van der Waals surface area contributed by atoms with Gasteiger partial charge >= 0.3 is 0 Å². The van der Waals surface area contributed by atoms with E-state index in [1.165, 1.54) is 35.5 Å². The van der Waals surface area contributed by atoms with Crippen molar-refractivity contribution in [3.05, 3.63) is 51.6 Å². The fourth-order valence-corrected chi connectivity index (χ4v) is 1.51. The lowest BCUT2D eigenvalue weighted by atomic mass is 10.2. The van der Waals surface area contributed by atoms with Gasteiger partial charge in [-0.2, -0.15) is 0 Å². The number of aromatic nitrogens is 3. The number of aliphatic hydroxyl groups is 1. The third-order valence-corrected chi connectivity index (χ3v) is 2.49. The molecular formula is C9H8ClN5O3. The molecule has 94 valence electrons. The standard InChI is InChI=1S/C9H8ClN5O3/c10-7-2-1-6(3-8(7)15(17)18)9(16)13-14-4-11-12-5-14/h1-5,9,13,16H. The average Bonchev–Trinajstić information content (AvgIpc) is 2.81. The van der Waals surface area contributed by atoms with Crippen LogP contribution in [0, 0.1) is 10.1 Å². The van der Waals surface area contributed by atoms with Crippen molar-refractivity contribution in [2.45, 2.75) is 6.23 Å². The third kappa shape index (κ3) is 2.55. The summed E-state index contributed by atoms with van der Waals surface area (Å²) in [5.41, 5.74) is 2.65. The van der Waals surface area contributed by atoms with Gasteiger partial charge in [-0.3, -0.25) is 15.5 Å². The molecule has 0 aliphatic rings. The normalized spacial score (nSPS) is 12.1. The van der Waals surface area contributed by atoms with Crippen molar-refractivity contribution >= 4 is 17.3 Å². The highest BCUT2D eigenvalue weighted by atomic mass is 35.5. The van der Waals surface area contributed by atoms with Crippen molar-refractivity contribution in [3.8, 4) is 0 Å². The van der Waals surface area contributed by atoms with Gasteiger partial charge in [-0.25, -0.2) is 4.68 Å². The van der Waals surface area contributed by atoms with Gasteiger partial charge in [0, 0.05) is 11.6 Å². The second-order valence-electron chi connectivity index (χ2n) is 3.37. The number of hydrogen-bond donors (Lipinski definition) is 2. The number of nitrogens with zero attached hydrogens (tertiary/aromatic N) is 4. The van der Waals surface area contributed by atoms with E-state index in [9.17, 15) is 15.2 Å². The Kier molecular flexibility index (Phi) is 3.40. The first-order valence-corrected chi connectivity index (χ1v) is 5.19. The molecule has 2 rings (SSSR count). The van der Waals surface area contributed by atoms with Gasteiger partial charge in [0.15, 0.2) is 6.23 Å². The molecule has 1 aromatic carbocycles. The maximum Gasteiger partial charge on any atom is 0.288 e.